The van der Waals surface area contributed by atoms with Crippen LogP contribution >= 0.6 is 0 Å². The number of amides is 1. The quantitative estimate of drug-likeness (QED) is 0.503. The first-order chi connectivity index (χ1) is 14.1. The summed E-state index contributed by atoms with van der Waals surface area (Å²) in [5, 5.41) is 5.28. The molecule has 2 heterocycles. The smallest absolute Gasteiger partial charge is 0.340 e. The van der Waals surface area contributed by atoms with Gasteiger partial charge in [-0.15, -0.1) is 0 Å². The van der Waals surface area contributed by atoms with E-state index in [9.17, 15) is 14.4 Å². The number of aromatic amines is 1. The van der Waals surface area contributed by atoms with E-state index in [0.29, 0.717) is 16.7 Å². The number of fused-ring (bicyclic) bond motifs is 1. The fourth-order valence-corrected chi connectivity index (χ4v) is 2.78. The average molecular weight is 389 g/mol. The average Bonchev–Trinajstić information content (AvgIpc) is 3.12. The first-order valence-electron chi connectivity index (χ1n) is 8.66. The van der Waals surface area contributed by atoms with Crippen molar-refractivity contribution in [2.24, 2.45) is 0 Å². The molecule has 29 heavy (non-hydrogen) atoms. The van der Waals surface area contributed by atoms with Crippen LogP contribution in [0.4, 0.5) is 5.82 Å². The van der Waals surface area contributed by atoms with Crippen LogP contribution in [-0.4, -0.2) is 38.2 Å². The number of ether oxygens (including phenoxy) is 1. The Morgan fingerprint density at radius 3 is 2.66 bits per heavy atom. The molecule has 0 fully saturated rings. The number of hydrogen-bond donors (Lipinski definition) is 2. The summed E-state index contributed by atoms with van der Waals surface area (Å²) in [6.07, 6.45) is 2.99. The first kappa shape index (κ1) is 18.1. The van der Waals surface area contributed by atoms with E-state index in [1.165, 1.54) is 23.1 Å². The van der Waals surface area contributed by atoms with Crippen LogP contribution < -0.4 is 10.9 Å². The van der Waals surface area contributed by atoms with E-state index in [4.69, 9.17) is 4.74 Å². The zero-order chi connectivity index (χ0) is 20.2. The van der Waals surface area contributed by atoms with Gasteiger partial charge < -0.3 is 10.1 Å². The molecule has 0 aliphatic rings. The van der Waals surface area contributed by atoms with Gasteiger partial charge >= 0.3 is 5.97 Å². The molecule has 0 bridgehead atoms. The van der Waals surface area contributed by atoms with Gasteiger partial charge in [0.2, 0.25) is 0 Å². The Morgan fingerprint density at radius 1 is 1.03 bits per heavy atom. The number of nitrogens with one attached hydrogen (secondary N) is 2. The zero-order valence-corrected chi connectivity index (χ0v) is 15.0. The SMILES string of the molecule is O=C(COC(=O)c1cccc2nccnc12)Nc1cc(=O)n(-c2ccccc2)[nH]1. The van der Waals surface area contributed by atoms with Gasteiger partial charge in [-0.1, -0.05) is 24.3 Å². The van der Waals surface area contributed by atoms with Crippen molar-refractivity contribution in [3.05, 3.63) is 82.9 Å². The number of carbonyl (C=O) groups is 2. The Bertz CT molecular complexity index is 1240. The third kappa shape index (κ3) is 3.88. The molecule has 0 unspecified atom stereocenters. The predicted octanol–water partition coefficient (Wildman–Crippen LogP) is 1.90. The van der Waals surface area contributed by atoms with Gasteiger partial charge in [0.25, 0.3) is 11.5 Å². The second kappa shape index (κ2) is 7.77. The van der Waals surface area contributed by atoms with Gasteiger partial charge in [0.1, 0.15) is 11.3 Å². The lowest BCUT2D eigenvalue weighted by Gasteiger charge is -2.07. The van der Waals surface area contributed by atoms with Gasteiger partial charge in [0.05, 0.1) is 16.8 Å². The molecule has 1 amide bonds. The molecule has 9 heteroatoms. The summed E-state index contributed by atoms with van der Waals surface area (Å²) < 4.78 is 6.36. The van der Waals surface area contributed by atoms with E-state index >= 15 is 0 Å². The number of rotatable bonds is 5. The van der Waals surface area contributed by atoms with Crippen LogP contribution in [0.2, 0.25) is 0 Å². The third-order valence-corrected chi connectivity index (χ3v) is 4.06. The minimum Gasteiger partial charge on any atom is -0.452 e. The second-order valence-electron chi connectivity index (χ2n) is 6.03. The van der Waals surface area contributed by atoms with Crippen LogP contribution in [0.5, 0.6) is 0 Å². The first-order valence-corrected chi connectivity index (χ1v) is 8.66. The summed E-state index contributed by atoms with van der Waals surface area (Å²) in [6.45, 7) is -0.520. The number of benzene rings is 2. The van der Waals surface area contributed by atoms with Crippen LogP contribution in [-0.2, 0) is 9.53 Å². The molecule has 0 aliphatic carbocycles. The van der Waals surface area contributed by atoms with E-state index in [0.717, 1.165) is 0 Å². The maximum absolute atomic E-state index is 12.3. The lowest BCUT2D eigenvalue weighted by atomic mass is 10.2. The number of esters is 1. The molecule has 0 atom stereocenters. The van der Waals surface area contributed by atoms with Gasteiger partial charge in [-0.05, 0) is 24.3 Å². The molecular weight excluding hydrogens is 374 g/mol. The lowest BCUT2D eigenvalue weighted by Crippen LogP contribution is -2.21. The number of nitrogens with zero attached hydrogens (tertiary/aromatic N) is 3. The molecule has 144 valence electrons. The number of aromatic nitrogens is 4. The summed E-state index contributed by atoms with van der Waals surface area (Å²) in [5.41, 5.74) is 1.45. The zero-order valence-electron chi connectivity index (χ0n) is 15.0. The molecule has 4 rings (SSSR count). The standard InChI is InChI=1S/C20H15N5O4/c26-17(23-16-11-18(27)25(24-16)13-5-2-1-3-6-13)12-29-20(28)14-7-4-8-15-19(14)22-10-9-21-15/h1-11,24H,12H2,(H,23,26). The van der Waals surface area contributed by atoms with E-state index in [-0.39, 0.29) is 16.9 Å². The number of H-pyrrole nitrogens is 1. The van der Waals surface area contributed by atoms with Crippen LogP contribution in [0.15, 0.2) is 71.8 Å². The van der Waals surface area contributed by atoms with E-state index in [1.807, 2.05) is 6.07 Å². The molecule has 0 spiro atoms. The summed E-state index contributed by atoms with van der Waals surface area (Å²) >= 11 is 0. The normalized spacial score (nSPS) is 10.6. The Balaban J connectivity index is 1.42. The summed E-state index contributed by atoms with van der Waals surface area (Å²) in [4.78, 5) is 44.8. The van der Waals surface area contributed by atoms with Crippen LogP contribution in [0, 0.1) is 0 Å². The monoisotopic (exact) mass is 389 g/mol. The Morgan fingerprint density at radius 2 is 1.83 bits per heavy atom. The van der Waals surface area contributed by atoms with Gasteiger partial charge in [-0.2, -0.15) is 0 Å². The van der Waals surface area contributed by atoms with E-state index in [1.54, 1.807) is 42.5 Å². The summed E-state index contributed by atoms with van der Waals surface area (Å²) in [6, 6.07) is 15.1. The predicted molar refractivity (Wildman–Crippen MR) is 105 cm³/mol. The van der Waals surface area contributed by atoms with Crippen LogP contribution in [0.3, 0.4) is 0 Å². The molecule has 0 radical (unpaired) electrons. The van der Waals surface area contributed by atoms with Crippen molar-refractivity contribution >= 4 is 28.7 Å². The maximum atomic E-state index is 12.3. The molecular formula is C20H15N5O4. The molecule has 4 aromatic rings. The minimum atomic E-state index is -0.693. The van der Waals surface area contributed by atoms with Gasteiger partial charge in [0, 0.05) is 18.5 Å². The summed E-state index contributed by atoms with van der Waals surface area (Å²) in [5.74, 6) is -1.09. The van der Waals surface area contributed by atoms with Crippen LogP contribution in [0.25, 0.3) is 16.7 Å². The fraction of sp³-hybridized carbons (Fsp3) is 0.0500. The van der Waals surface area contributed by atoms with Crippen LogP contribution in [0.1, 0.15) is 10.4 Å². The molecule has 0 saturated carbocycles. The molecule has 2 aromatic carbocycles. The highest BCUT2D eigenvalue weighted by molar-refractivity contribution is 6.02. The molecule has 2 aromatic heterocycles. The van der Waals surface area contributed by atoms with Crippen molar-refractivity contribution in [2.45, 2.75) is 0 Å². The van der Waals surface area contributed by atoms with Crippen molar-refractivity contribution in [2.75, 3.05) is 11.9 Å². The van der Waals surface area contributed by atoms with Gasteiger partial charge in [0.15, 0.2) is 6.61 Å². The van der Waals surface area contributed by atoms with Crippen molar-refractivity contribution in [1.29, 1.82) is 0 Å². The topological polar surface area (TPSA) is 119 Å². The van der Waals surface area contributed by atoms with Crippen molar-refractivity contribution < 1.29 is 14.3 Å². The maximum Gasteiger partial charge on any atom is 0.340 e. The van der Waals surface area contributed by atoms with Gasteiger partial charge in [-0.3, -0.25) is 24.7 Å². The molecule has 0 saturated heterocycles. The van der Waals surface area contributed by atoms with Crippen molar-refractivity contribution in [1.82, 2.24) is 19.7 Å². The van der Waals surface area contributed by atoms with E-state index < -0.39 is 18.5 Å². The van der Waals surface area contributed by atoms with Crippen molar-refractivity contribution in [3.63, 3.8) is 0 Å². The third-order valence-electron chi connectivity index (χ3n) is 4.06. The molecule has 9 nitrogen and oxygen atoms in total. The molecule has 2 N–H and O–H groups in total. The fourth-order valence-electron chi connectivity index (χ4n) is 2.78. The Labute approximate surface area is 164 Å². The second-order valence-corrected chi connectivity index (χ2v) is 6.03. The van der Waals surface area contributed by atoms with Gasteiger partial charge in [-0.25, -0.2) is 9.48 Å². The van der Waals surface area contributed by atoms with Crippen molar-refractivity contribution in [3.8, 4) is 5.69 Å². The number of anilines is 1. The molecule has 0 aliphatic heterocycles. The number of carbonyl (C=O) groups excluding carboxylic acids is 2. The highest BCUT2D eigenvalue weighted by Gasteiger charge is 2.15. The Kier molecular flexibility index (Phi) is 4.85. The number of para-hydroxylation sites is 2. The highest BCUT2D eigenvalue weighted by atomic mass is 16.5. The minimum absolute atomic E-state index is 0.191. The highest BCUT2D eigenvalue weighted by Crippen LogP contribution is 2.15. The van der Waals surface area contributed by atoms with E-state index in [2.05, 4.69) is 20.4 Å². The Hall–Kier alpha value is -4.27. The lowest BCUT2D eigenvalue weighted by molar-refractivity contribution is -0.119. The largest absolute Gasteiger partial charge is 0.452 e. The number of hydrogen-bond acceptors (Lipinski definition) is 6. The summed E-state index contributed by atoms with van der Waals surface area (Å²) in [7, 11) is 0.